The summed E-state index contributed by atoms with van der Waals surface area (Å²) in [6.07, 6.45) is 31.2. The number of benzene rings is 2. The molecular formula is C75H79BrN12O9S. The number of amides is 4. The molecule has 0 spiro atoms. The Kier molecular flexibility index (Phi) is 25.0. The summed E-state index contributed by atoms with van der Waals surface area (Å²) in [4.78, 5) is 73.5. The number of para-hydroxylation sites is 1. The van der Waals surface area contributed by atoms with Gasteiger partial charge in [-0.25, -0.2) is 15.0 Å². The second kappa shape index (κ2) is 34.7. The molecule has 3 aliphatic heterocycles. The number of fused-ring (bicyclic) bond motifs is 7. The third kappa shape index (κ3) is 19.8. The monoisotopic (exact) mass is 1400 g/mol. The summed E-state index contributed by atoms with van der Waals surface area (Å²) < 4.78 is 36.0. The predicted molar refractivity (Wildman–Crippen MR) is 381 cm³/mol. The van der Waals surface area contributed by atoms with Crippen molar-refractivity contribution in [3.8, 4) is 0 Å². The molecular weight excluding hydrogens is 1320 g/mol. The minimum absolute atomic E-state index is 0.00257. The number of nitrogens with one attached hydrogen (secondary N) is 3. The number of aromatic nitrogens is 6. The van der Waals surface area contributed by atoms with Crippen LogP contribution in [0.25, 0.3) is 17.0 Å². The number of anilines is 3. The number of hydrogen-bond acceptors (Lipinski definition) is 17. The van der Waals surface area contributed by atoms with E-state index in [1.54, 1.807) is 61.1 Å². The maximum atomic E-state index is 12.6. The predicted octanol–water partition coefficient (Wildman–Crippen LogP) is 14.0. The highest BCUT2D eigenvalue weighted by Gasteiger charge is 2.23. The number of halogens is 1. The molecule has 15 rings (SSSR count). The molecule has 98 heavy (non-hydrogen) atoms. The molecule has 0 radical (unpaired) electrons. The van der Waals surface area contributed by atoms with E-state index in [1.165, 1.54) is 60.7 Å². The van der Waals surface area contributed by atoms with E-state index >= 15 is 0 Å². The Bertz CT molecular complexity index is 4490. The zero-order chi connectivity index (χ0) is 68.8. The van der Waals surface area contributed by atoms with Crippen LogP contribution in [0.3, 0.4) is 0 Å². The molecule has 3 aliphatic carbocycles. The first-order chi connectivity index (χ1) is 47.6. The molecule has 0 unspecified atom stereocenters. The smallest absolute Gasteiger partial charge is 0.358 e. The topological polar surface area (TPSA) is 286 Å². The third-order valence-electron chi connectivity index (χ3n) is 17.1. The zero-order valence-corrected chi connectivity index (χ0v) is 57.6. The van der Waals surface area contributed by atoms with Gasteiger partial charge < -0.3 is 30.5 Å². The van der Waals surface area contributed by atoms with Gasteiger partial charge in [0, 0.05) is 90.7 Å². The first-order valence-electron chi connectivity index (χ1n) is 33.0. The van der Waals surface area contributed by atoms with Gasteiger partial charge in [0.2, 0.25) is 23.6 Å². The van der Waals surface area contributed by atoms with Crippen LogP contribution in [0.1, 0.15) is 150 Å². The Morgan fingerprint density at radius 2 is 1.10 bits per heavy atom. The van der Waals surface area contributed by atoms with Crippen LogP contribution in [0.2, 0.25) is 0 Å². The lowest BCUT2D eigenvalue weighted by molar-refractivity contribution is -0.125. The summed E-state index contributed by atoms with van der Waals surface area (Å²) in [5, 5.41) is 25.2. The van der Waals surface area contributed by atoms with Crippen molar-refractivity contribution < 1.29 is 41.5 Å². The first kappa shape index (κ1) is 70.7. The number of carbonyl (C=O) groups excluding carboxylic acids is 4. The van der Waals surface area contributed by atoms with E-state index in [0.29, 0.717) is 49.6 Å². The zero-order valence-electron chi connectivity index (χ0n) is 55.2. The number of nitrogens with zero attached hydrogens (tertiary/aromatic N) is 9. The lowest BCUT2D eigenvalue weighted by atomic mass is 9.95. The van der Waals surface area contributed by atoms with Gasteiger partial charge in [-0.15, -0.1) is 0 Å². The molecule has 0 atom stereocenters. The van der Waals surface area contributed by atoms with E-state index in [-0.39, 0.29) is 28.5 Å². The van der Waals surface area contributed by atoms with Crippen molar-refractivity contribution in [1.82, 2.24) is 34.8 Å². The van der Waals surface area contributed by atoms with Crippen molar-refractivity contribution in [2.75, 3.05) is 23.0 Å². The fraction of sp³-hybridized carbons (Fsp3) is 0.307. The van der Waals surface area contributed by atoms with Gasteiger partial charge in [-0.2, -0.15) is 8.42 Å². The fourth-order valence-electron chi connectivity index (χ4n) is 11.8. The van der Waals surface area contributed by atoms with E-state index in [2.05, 4.69) is 78.2 Å². The Hall–Kier alpha value is -10.1. The number of likely N-dealkylation sites (N-methyl/N-ethyl adjacent to an activating group) is 1. The summed E-state index contributed by atoms with van der Waals surface area (Å²) in [7, 11) is -2.14. The maximum Gasteiger partial charge on any atom is 0.358 e. The van der Waals surface area contributed by atoms with Crippen molar-refractivity contribution in [3.63, 3.8) is 0 Å². The molecule has 0 bridgehead atoms. The average Bonchev–Trinajstić information content (AvgIpc) is 1.61. The number of oxime groups is 2. The number of rotatable bonds is 7. The molecule has 23 heteroatoms. The number of hydrogen-bond donors (Lipinski definition) is 4. The molecule has 506 valence electrons. The quantitative estimate of drug-likeness (QED) is 0.0655. The molecule has 21 nitrogen and oxygen atoms in total. The summed E-state index contributed by atoms with van der Waals surface area (Å²) in [6.45, 7) is 4.30. The van der Waals surface area contributed by atoms with Gasteiger partial charge in [0.15, 0.2) is 0 Å². The first-order valence-corrected chi connectivity index (χ1v) is 35.2. The number of aryl methyl sites for hydroxylation is 9. The number of pyridine rings is 6. The normalized spacial score (nSPS) is 15.9. The summed E-state index contributed by atoms with van der Waals surface area (Å²) in [5.41, 5.74) is 14.9. The molecule has 10 heterocycles. The lowest BCUT2D eigenvalue weighted by Gasteiger charge is -2.15. The van der Waals surface area contributed by atoms with E-state index < -0.39 is 10.1 Å². The van der Waals surface area contributed by atoms with Gasteiger partial charge in [-0.05, 0) is 232 Å². The minimum Gasteiger partial charge on any atom is -0.459 e. The molecule has 0 fully saturated rings. The highest BCUT2D eigenvalue weighted by Crippen LogP contribution is 2.29. The van der Waals surface area contributed by atoms with Crippen LogP contribution in [0.5, 0.6) is 0 Å². The van der Waals surface area contributed by atoms with Crippen molar-refractivity contribution >= 4 is 95.6 Å². The van der Waals surface area contributed by atoms with Crippen LogP contribution in [0.15, 0.2) is 177 Å². The Balaban J connectivity index is 0.000000133. The van der Waals surface area contributed by atoms with Gasteiger partial charge in [0.05, 0.1) is 17.9 Å². The fourth-order valence-corrected chi connectivity index (χ4v) is 12.9. The third-order valence-corrected chi connectivity index (χ3v) is 18.6. The van der Waals surface area contributed by atoms with Crippen molar-refractivity contribution in [3.05, 3.63) is 230 Å². The SMILES string of the molecule is Cc1c(CN(C)C(=O)/C=C/c2cnc3c(c2)CCCC(=O)N3)oc2ccccc12.Cc1ccc(S(=O)(=O)ON=C2CCCc3cccnc32)cc1.O=C1CCCc2cc(Br)cnc2N1.O=C1CCCc2cccnc2N1.ON=C1CCCc2cccnc21.c1cnc2c(c1)CCCC2. The maximum absolute atomic E-state index is 12.6. The van der Waals surface area contributed by atoms with Gasteiger partial charge in [-0.3, -0.25) is 38.4 Å². The van der Waals surface area contributed by atoms with Crippen LogP contribution in [0.4, 0.5) is 17.5 Å². The second-order valence-corrected chi connectivity index (χ2v) is 26.7. The van der Waals surface area contributed by atoms with Gasteiger partial charge in [-0.1, -0.05) is 70.5 Å². The standard InChI is InChI=1S/C23H23N3O3.C16H16N2O3S.C9H9BrN2O.2C9H10N2O.C9H11N/c1-15-18-7-3-4-8-19(18)29-20(15)14-26(2)22(28)11-10-16-12-17-6-5-9-21(27)25-23(17)24-13-16;1-12-7-9-14(10-8-12)22(19,20)21-18-15-6-2-4-13-5-3-11-17-16(13)15;10-7-4-6-2-1-3-8(13)12-9(6)11-5-7;12-8-5-1-3-7-4-2-6-10-9(7)11-8;12-11-8-5-1-3-7-4-2-6-10-9(7)8;1-2-6-9-8(4-1)5-3-7-10-9/h3-4,7-8,10-13H,5-6,9,14H2,1-2H3,(H,24,25,27);3,5,7-11H,2,4,6H2,1H3;4-5H,1-3H2,(H,11,12,13);2,4,6H,1,3,5H2,(H,10,11,12);2,4,6,12H,1,3,5H2;3,5,7H,1-2,4,6H2/b11-10+;;;;;. The van der Waals surface area contributed by atoms with Gasteiger partial charge in [0.25, 0.3) is 0 Å². The molecule has 7 aromatic heterocycles. The van der Waals surface area contributed by atoms with Crippen LogP contribution >= 0.6 is 15.9 Å². The Morgan fingerprint density at radius 1 is 0.582 bits per heavy atom. The number of carbonyl (C=O) groups is 4. The van der Waals surface area contributed by atoms with Crippen molar-refractivity contribution in [2.45, 2.75) is 147 Å². The van der Waals surface area contributed by atoms with E-state index in [4.69, 9.17) is 13.9 Å². The summed E-state index contributed by atoms with van der Waals surface area (Å²) >= 11 is 3.36. The molecule has 2 aromatic carbocycles. The minimum atomic E-state index is -3.89. The largest absolute Gasteiger partial charge is 0.459 e. The Labute approximate surface area is 579 Å². The average molecular weight is 1400 g/mol. The van der Waals surface area contributed by atoms with Gasteiger partial charge >= 0.3 is 10.1 Å². The van der Waals surface area contributed by atoms with Crippen molar-refractivity contribution in [1.29, 1.82) is 0 Å². The van der Waals surface area contributed by atoms with Crippen molar-refractivity contribution in [2.24, 2.45) is 10.3 Å². The molecule has 0 saturated carbocycles. The second-order valence-electron chi connectivity index (χ2n) is 24.3. The summed E-state index contributed by atoms with van der Waals surface area (Å²) in [5.74, 6) is 2.88. The highest BCUT2D eigenvalue weighted by molar-refractivity contribution is 9.10. The highest BCUT2D eigenvalue weighted by atomic mass is 79.9. The van der Waals surface area contributed by atoms with E-state index in [0.717, 1.165) is 154 Å². The molecule has 6 aliphatic rings. The molecule has 0 saturated heterocycles. The van der Waals surface area contributed by atoms with Crippen LogP contribution in [-0.4, -0.2) is 90.5 Å². The number of furan rings is 1. The van der Waals surface area contributed by atoms with Crippen LogP contribution < -0.4 is 16.0 Å². The molecule has 9 aromatic rings. The Morgan fingerprint density at radius 3 is 1.74 bits per heavy atom. The van der Waals surface area contributed by atoms with Gasteiger partial charge in [0.1, 0.15) is 45.1 Å². The summed E-state index contributed by atoms with van der Waals surface area (Å²) in [6, 6.07) is 34.2. The lowest BCUT2D eigenvalue weighted by Crippen LogP contribution is -2.24. The van der Waals surface area contributed by atoms with Crippen LogP contribution in [-0.2, 0) is 85.1 Å². The van der Waals surface area contributed by atoms with E-state index in [9.17, 15) is 27.6 Å². The molecule has 4 amide bonds. The molecule has 4 N–H and O–H groups in total. The van der Waals surface area contributed by atoms with Crippen LogP contribution in [0, 0.1) is 13.8 Å². The van der Waals surface area contributed by atoms with E-state index in [1.807, 2.05) is 98.9 Å².